The van der Waals surface area contributed by atoms with Crippen LogP contribution in [0.3, 0.4) is 0 Å². The van der Waals surface area contributed by atoms with E-state index in [1.165, 1.54) is 23.5 Å². The third kappa shape index (κ3) is 3.99. The number of halogens is 4. The van der Waals surface area contributed by atoms with Gasteiger partial charge in [0.1, 0.15) is 11.6 Å². The monoisotopic (exact) mass is 365 g/mol. The molecule has 0 fully saturated rings. The largest absolute Gasteiger partial charge is 0.312 e. The number of benzene rings is 1. The van der Waals surface area contributed by atoms with Crippen molar-refractivity contribution in [2.75, 3.05) is 6.54 Å². The molecule has 0 atom stereocenters. The van der Waals surface area contributed by atoms with Gasteiger partial charge in [0.25, 0.3) is 0 Å². The Kier molecular flexibility index (Phi) is 5.33. The van der Waals surface area contributed by atoms with E-state index in [2.05, 4.69) is 21.2 Å². The van der Waals surface area contributed by atoms with Crippen molar-refractivity contribution < 1.29 is 8.78 Å². The molecule has 19 heavy (non-hydrogen) atoms. The van der Waals surface area contributed by atoms with Gasteiger partial charge in [-0.25, -0.2) is 8.78 Å². The highest BCUT2D eigenvalue weighted by molar-refractivity contribution is 9.10. The lowest BCUT2D eigenvalue weighted by atomic mass is 10.2. The maximum atomic E-state index is 13.7. The van der Waals surface area contributed by atoms with Crippen molar-refractivity contribution >= 4 is 38.9 Å². The molecule has 1 nitrogen and oxygen atoms in total. The van der Waals surface area contributed by atoms with E-state index in [9.17, 15) is 8.78 Å². The van der Waals surface area contributed by atoms with Crippen LogP contribution in [-0.4, -0.2) is 6.54 Å². The first-order chi connectivity index (χ1) is 9.08. The van der Waals surface area contributed by atoms with Crippen LogP contribution in [0.5, 0.6) is 0 Å². The van der Waals surface area contributed by atoms with Gasteiger partial charge in [-0.3, -0.25) is 0 Å². The number of hydrogen-bond acceptors (Lipinski definition) is 2. The summed E-state index contributed by atoms with van der Waals surface area (Å²) in [4.78, 5) is 1.15. The van der Waals surface area contributed by atoms with Crippen LogP contribution in [0.25, 0.3) is 0 Å². The molecular weight excluding hydrogens is 356 g/mol. The molecule has 1 aromatic carbocycles. The quantitative estimate of drug-likeness (QED) is 0.593. The van der Waals surface area contributed by atoms with Crippen LogP contribution >= 0.6 is 38.9 Å². The fourth-order valence-electron chi connectivity index (χ4n) is 1.64. The van der Waals surface area contributed by atoms with E-state index in [1.807, 2.05) is 12.1 Å². The third-order valence-corrected chi connectivity index (χ3v) is 4.52. The maximum Gasteiger partial charge on any atom is 0.144 e. The molecule has 0 aliphatic carbocycles. The Morgan fingerprint density at radius 1 is 1.21 bits per heavy atom. The molecule has 0 bridgehead atoms. The van der Waals surface area contributed by atoms with Gasteiger partial charge < -0.3 is 5.32 Å². The smallest absolute Gasteiger partial charge is 0.144 e. The summed E-state index contributed by atoms with van der Waals surface area (Å²) < 4.78 is 28.2. The molecule has 2 rings (SSSR count). The topological polar surface area (TPSA) is 12.0 Å². The average molecular weight is 367 g/mol. The molecule has 0 saturated heterocycles. The minimum Gasteiger partial charge on any atom is -0.312 e. The summed E-state index contributed by atoms with van der Waals surface area (Å²) in [6, 6.07) is 6.41. The van der Waals surface area contributed by atoms with E-state index in [0.717, 1.165) is 15.6 Å². The van der Waals surface area contributed by atoms with E-state index < -0.39 is 11.6 Å². The molecule has 102 valence electrons. The lowest BCUT2D eigenvalue weighted by Crippen LogP contribution is -2.18. The van der Waals surface area contributed by atoms with Crippen LogP contribution in [0.15, 0.2) is 28.7 Å². The Bertz CT molecular complexity index is 574. The normalized spacial score (nSPS) is 10.9. The Balaban J connectivity index is 1.88. The summed E-state index contributed by atoms with van der Waals surface area (Å²) in [6.45, 7) is 0.804. The summed E-state index contributed by atoms with van der Waals surface area (Å²) in [7, 11) is 0. The van der Waals surface area contributed by atoms with Gasteiger partial charge in [0.05, 0.1) is 8.81 Å². The van der Waals surface area contributed by atoms with E-state index in [1.54, 1.807) is 0 Å². The van der Waals surface area contributed by atoms with Gasteiger partial charge in [-0.1, -0.05) is 11.6 Å². The molecule has 0 amide bonds. The van der Waals surface area contributed by atoms with Crippen molar-refractivity contribution in [1.29, 1.82) is 0 Å². The average Bonchev–Trinajstić information content (AvgIpc) is 2.79. The van der Waals surface area contributed by atoms with E-state index in [4.69, 9.17) is 11.6 Å². The second-order valence-electron chi connectivity index (χ2n) is 3.95. The summed E-state index contributed by atoms with van der Waals surface area (Å²) in [5.74, 6) is -1.08. The summed E-state index contributed by atoms with van der Waals surface area (Å²) in [5, 5.41) is 3.03. The van der Waals surface area contributed by atoms with Gasteiger partial charge >= 0.3 is 0 Å². The second-order valence-corrected chi connectivity index (χ2v) is 6.61. The molecule has 2 aromatic rings. The van der Waals surface area contributed by atoms with Crippen LogP contribution in [-0.2, 0) is 13.0 Å². The molecule has 0 aliphatic heterocycles. The molecule has 0 spiro atoms. The van der Waals surface area contributed by atoms with Crippen LogP contribution < -0.4 is 5.32 Å². The lowest BCUT2D eigenvalue weighted by molar-refractivity contribution is 0.533. The van der Waals surface area contributed by atoms with Gasteiger partial charge in [-0.2, -0.15) is 0 Å². The summed E-state index contributed by atoms with van der Waals surface area (Å²) >= 11 is 10.4. The van der Waals surface area contributed by atoms with Crippen molar-refractivity contribution in [3.05, 3.63) is 55.1 Å². The van der Waals surface area contributed by atoms with Gasteiger partial charge in [0, 0.05) is 23.5 Å². The highest BCUT2D eigenvalue weighted by Crippen LogP contribution is 2.22. The predicted octanol–water partition coefficient (Wildman–Crippen LogP) is 4.77. The fraction of sp³-hybridized carbons (Fsp3) is 0.231. The van der Waals surface area contributed by atoms with Gasteiger partial charge in [0.15, 0.2) is 0 Å². The van der Waals surface area contributed by atoms with Crippen LogP contribution in [0.4, 0.5) is 8.78 Å². The molecule has 0 radical (unpaired) electrons. The fourth-order valence-corrected chi connectivity index (χ4v) is 3.10. The van der Waals surface area contributed by atoms with Crippen molar-refractivity contribution in [1.82, 2.24) is 5.32 Å². The van der Waals surface area contributed by atoms with Crippen LogP contribution in [0.2, 0.25) is 4.34 Å². The van der Waals surface area contributed by atoms with Crippen LogP contribution in [0.1, 0.15) is 10.4 Å². The molecular formula is C13H11BrClF2NS. The molecule has 1 aromatic heterocycles. The standard InChI is InChI=1S/C13H11BrClF2NS/c14-10-2-3-11(16)9(13(10)17)7-18-6-5-8-1-4-12(15)19-8/h1-4,18H,5-7H2. The third-order valence-electron chi connectivity index (χ3n) is 2.62. The van der Waals surface area contributed by atoms with Crippen LogP contribution in [0, 0.1) is 11.6 Å². The Labute approximate surface area is 127 Å². The Morgan fingerprint density at radius 3 is 2.68 bits per heavy atom. The van der Waals surface area contributed by atoms with E-state index >= 15 is 0 Å². The Hall–Kier alpha value is -0.490. The summed E-state index contributed by atoms with van der Waals surface area (Å²) in [5.41, 5.74) is 0.0542. The zero-order chi connectivity index (χ0) is 13.8. The van der Waals surface area contributed by atoms with Crippen molar-refractivity contribution in [3.8, 4) is 0 Å². The van der Waals surface area contributed by atoms with Gasteiger partial charge in [-0.15, -0.1) is 11.3 Å². The molecule has 0 saturated carbocycles. The second kappa shape index (κ2) is 6.79. The molecule has 0 unspecified atom stereocenters. The van der Waals surface area contributed by atoms with Gasteiger partial charge in [0.2, 0.25) is 0 Å². The molecule has 1 N–H and O–H groups in total. The number of hydrogen-bond donors (Lipinski definition) is 1. The van der Waals surface area contributed by atoms with E-state index in [0.29, 0.717) is 6.54 Å². The Morgan fingerprint density at radius 2 is 2.00 bits per heavy atom. The van der Waals surface area contributed by atoms with Gasteiger partial charge in [-0.05, 0) is 46.6 Å². The van der Waals surface area contributed by atoms with Crippen molar-refractivity contribution in [2.45, 2.75) is 13.0 Å². The lowest BCUT2D eigenvalue weighted by Gasteiger charge is -2.07. The molecule has 1 heterocycles. The SMILES string of the molecule is Fc1ccc(Br)c(F)c1CNCCc1ccc(Cl)s1. The first-order valence-electron chi connectivity index (χ1n) is 5.65. The zero-order valence-electron chi connectivity index (χ0n) is 9.85. The first kappa shape index (κ1) is 14.9. The van der Waals surface area contributed by atoms with E-state index in [-0.39, 0.29) is 16.6 Å². The molecule has 6 heteroatoms. The zero-order valence-corrected chi connectivity index (χ0v) is 13.0. The predicted molar refractivity (Wildman–Crippen MR) is 78.8 cm³/mol. The maximum absolute atomic E-state index is 13.7. The molecule has 0 aliphatic rings. The van der Waals surface area contributed by atoms with Crippen molar-refractivity contribution in [3.63, 3.8) is 0 Å². The number of thiophene rings is 1. The number of rotatable bonds is 5. The number of nitrogens with one attached hydrogen (secondary N) is 1. The van der Waals surface area contributed by atoms with Crippen molar-refractivity contribution in [2.24, 2.45) is 0 Å². The summed E-state index contributed by atoms with van der Waals surface area (Å²) in [6.07, 6.45) is 0.786. The minimum atomic E-state index is -0.549. The highest BCUT2D eigenvalue weighted by atomic mass is 79.9. The minimum absolute atomic E-state index is 0.0542. The first-order valence-corrected chi connectivity index (χ1v) is 7.64. The highest BCUT2D eigenvalue weighted by Gasteiger charge is 2.11.